The van der Waals surface area contributed by atoms with Gasteiger partial charge in [0.2, 0.25) is 0 Å². The fourth-order valence-corrected chi connectivity index (χ4v) is 4.29. The number of aromatic nitrogens is 4. The van der Waals surface area contributed by atoms with E-state index in [1.54, 1.807) is 12.4 Å². The maximum absolute atomic E-state index is 6.31. The molecule has 9 heteroatoms. The Bertz CT molecular complexity index is 1010. The molecule has 3 aromatic rings. The molecule has 1 atom stereocenters. The van der Waals surface area contributed by atoms with E-state index in [0.29, 0.717) is 16.5 Å². The Morgan fingerprint density at radius 2 is 2.00 bits per heavy atom. The van der Waals surface area contributed by atoms with Crippen LogP contribution in [0.15, 0.2) is 40.5 Å². The summed E-state index contributed by atoms with van der Waals surface area (Å²) in [7, 11) is 0. The van der Waals surface area contributed by atoms with Crippen LogP contribution < -0.4 is 16.4 Å². The molecule has 1 aliphatic rings. The lowest BCUT2D eigenvalue weighted by atomic mass is 9.95. The molecule has 0 amide bonds. The molecule has 0 aromatic carbocycles. The van der Waals surface area contributed by atoms with E-state index >= 15 is 0 Å². The van der Waals surface area contributed by atoms with Crippen molar-refractivity contribution in [2.45, 2.75) is 41.6 Å². The first-order valence-electron chi connectivity index (χ1n) is 9.17. The highest BCUT2D eigenvalue weighted by atomic mass is 35.5. The third-order valence-electron chi connectivity index (χ3n) is 4.91. The van der Waals surface area contributed by atoms with Gasteiger partial charge in [-0.25, -0.2) is 19.9 Å². The zero-order valence-electron chi connectivity index (χ0n) is 15.6. The monoisotopic (exact) mass is 415 g/mol. The first-order valence-corrected chi connectivity index (χ1v) is 10.4. The fourth-order valence-electron chi connectivity index (χ4n) is 3.25. The number of nitrogen functional groups attached to an aromatic ring is 1. The summed E-state index contributed by atoms with van der Waals surface area (Å²) < 4.78 is 0. The van der Waals surface area contributed by atoms with Crippen LogP contribution in [0.1, 0.15) is 26.2 Å². The van der Waals surface area contributed by atoms with Crippen LogP contribution in [0.2, 0.25) is 5.02 Å². The average molecular weight is 416 g/mol. The Morgan fingerprint density at radius 1 is 1.14 bits per heavy atom. The van der Waals surface area contributed by atoms with Crippen LogP contribution in [0.5, 0.6) is 0 Å². The SMILES string of the molecule is C[C@]1(N)CCCN(c2cnc3nc(Sc4ccnc(N)c4Cl)ccc3n2)CC1. The highest BCUT2D eigenvalue weighted by molar-refractivity contribution is 7.99. The van der Waals surface area contributed by atoms with Gasteiger partial charge in [-0.3, -0.25) is 0 Å². The number of fused-ring (bicyclic) bond motifs is 1. The van der Waals surface area contributed by atoms with Crippen LogP contribution in [-0.2, 0) is 0 Å². The third-order valence-corrected chi connectivity index (χ3v) is 6.42. The molecule has 4 rings (SSSR count). The van der Waals surface area contributed by atoms with Crippen molar-refractivity contribution >= 4 is 46.2 Å². The van der Waals surface area contributed by atoms with Crippen LogP contribution in [0.4, 0.5) is 11.6 Å². The number of anilines is 2. The Kier molecular flexibility index (Phi) is 5.27. The topological polar surface area (TPSA) is 107 Å². The Labute approximate surface area is 172 Å². The quantitative estimate of drug-likeness (QED) is 0.669. The van der Waals surface area contributed by atoms with Crippen LogP contribution in [0.3, 0.4) is 0 Å². The van der Waals surface area contributed by atoms with Gasteiger partial charge in [-0.1, -0.05) is 23.4 Å². The molecule has 0 bridgehead atoms. The van der Waals surface area contributed by atoms with E-state index in [2.05, 4.69) is 26.8 Å². The first-order chi connectivity index (χ1) is 13.4. The smallest absolute Gasteiger partial charge is 0.179 e. The second-order valence-corrected chi connectivity index (χ2v) is 8.77. The highest BCUT2D eigenvalue weighted by Gasteiger charge is 2.24. The predicted octanol–water partition coefficient (Wildman–Crippen LogP) is 3.51. The molecule has 1 aliphatic heterocycles. The van der Waals surface area contributed by atoms with E-state index in [4.69, 9.17) is 28.1 Å². The largest absolute Gasteiger partial charge is 0.382 e. The van der Waals surface area contributed by atoms with E-state index in [-0.39, 0.29) is 5.54 Å². The van der Waals surface area contributed by atoms with Crippen LogP contribution in [-0.4, -0.2) is 38.6 Å². The third kappa shape index (κ3) is 4.14. The standard InChI is InChI=1S/C19H22ClN7S/c1-19(22)6-2-9-27(10-7-19)14-11-24-18-12(25-14)3-4-15(26-18)28-13-5-8-23-17(21)16(13)20/h3-5,8,11H,2,6-7,9-10,22H2,1H3,(H2,21,23)/t19-/m0/s1. The predicted molar refractivity (Wildman–Crippen MR) is 114 cm³/mol. The van der Waals surface area contributed by atoms with Crippen LogP contribution in [0.25, 0.3) is 11.2 Å². The second-order valence-electron chi connectivity index (χ2n) is 7.33. The number of hydrogen-bond acceptors (Lipinski definition) is 8. The van der Waals surface area contributed by atoms with E-state index in [1.807, 2.05) is 18.2 Å². The molecule has 146 valence electrons. The van der Waals surface area contributed by atoms with Crippen LogP contribution >= 0.6 is 23.4 Å². The molecule has 0 aliphatic carbocycles. The van der Waals surface area contributed by atoms with Crippen molar-refractivity contribution in [2.75, 3.05) is 23.7 Å². The van der Waals surface area contributed by atoms with Gasteiger partial charge in [0.1, 0.15) is 22.2 Å². The number of hydrogen-bond donors (Lipinski definition) is 2. The Hall–Kier alpha value is -2.16. The minimum absolute atomic E-state index is 0.107. The van der Waals surface area contributed by atoms with Gasteiger partial charge < -0.3 is 16.4 Å². The summed E-state index contributed by atoms with van der Waals surface area (Å²) in [6.07, 6.45) is 6.44. The summed E-state index contributed by atoms with van der Waals surface area (Å²) in [5.41, 5.74) is 13.3. The van der Waals surface area contributed by atoms with Gasteiger partial charge in [0.05, 0.1) is 11.2 Å². The van der Waals surface area contributed by atoms with Crippen LogP contribution in [0, 0.1) is 0 Å². The molecular formula is C19H22ClN7S. The molecule has 1 fully saturated rings. The molecule has 4 N–H and O–H groups in total. The molecule has 3 aromatic heterocycles. The average Bonchev–Trinajstić information content (AvgIpc) is 2.85. The molecule has 1 saturated heterocycles. The van der Waals surface area contributed by atoms with E-state index in [9.17, 15) is 0 Å². The molecule has 28 heavy (non-hydrogen) atoms. The van der Waals surface area contributed by atoms with Gasteiger partial charge in [-0.15, -0.1) is 0 Å². The molecule has 0 spiro atoms. The lowest BCUT2D eigenvalue weighted by molar-refractivity contribution is 0.421. The molecule has 7 nitrogen and oxygen atoms in total. The summed E-state index contributed by atoms with van der Waals surface area (Å²) in [6, 6.07) is 5.66. The van der Waals surface area contributed by atoms with Gasteiger partial charge in [0.25, 0.3) is 0 Å². The van der Waals surface area contributed by atoms with Crippen molar-refractivity contribution in [3.63, 3.8) is 0 Å². The Morgan fingerprint density at radius 3 is 2.86 bits per heavy atom. The highest BCUT2D eigenvalue weighted by Crippen LogP contribution is 2.34. The van der Waals surface area contributed by atoms with Gasteiger partial charge in [-0.2, -0.15) is 0 Å². The summed E-state index contributed by atoms with van der Waals surface area (Å²) in [6.45, 7) is 3.95. The normalized spacial score (nSPS) is 20.3. The zero-order chi connectivity index (χ0) is 19.7. The van der Waals surface area contributed by atoms with Gasteiger partial charge in [-0.05, 0) is 44.4 Å². The fraction of sp³-hybridized carbons (Fsp3) is 0.368. The minimum Gasteiger partial charge on any atom is -0.382 e. The van der Waals surface area contributed by atoms with Crippen molar-refractivity contribution in [1.29, 1.82) is 0 Å². The van der Waals surface area contributed by atoms with E-state index < -0.39 is 0 Å². The molecule has 0 unspecified atom stereocenters. The maximum Gasteiger partial charge on any atom is 0.179 e. The molecule has 0 radical (unpaired) electrons. The lowest BCUT2D eigenvalue weighted by Crippen LogP contribution is -2.37. The van der Waals surface area contributed by atoms with Crippen molar-refractivity contribution in [3.8, 4) is 0 Å². The second kappa shape index (κ2) is 7.69. The number of nitrogens with zero attached hydrogens (tertiary/aromatic N) is 5. The molecule has 0 saturated carbocycles. The van der Waals surface area contributed by atoms with Crippen molar-refractivity contribution in [3.05, 3.63) is 35.6 Å². The van der Waals surface area contributed by atoms with Crippen molar-refractivity contribution < 1.29 is 0 Å². The number of pyridine rings is 2. The van der Waals surface area contributed by atoms with Gasteiger partial charge in [0, 0.05) is 29.7 Å². The molecular weight excluding hydrogens is 394 g/mol. The molecule has 4 heterocycles. The van der Waals surface area contributed by atoms with Crippen molar-refractivity contribution in [2.24, 2.45) is 5.73 Å². The van der Waals surface area contributed by atoms with Gasteiger partial charge in [0.15, 0.2) is 5.65 Å². The summed E-state index contributed by atoms with van der Waals surface area (Å²) in [5, 5.41) is 1.21. The zero-order valence-corrected chi connectivity index (χ0v) is 17.2. The summed E-state index contributed by atoms with van der Waals surface area (Å²) in [5.74, 6) is 1.18. The van der Waals surface area contributed by atoms with Gasteiger partial charge >= 0.3 is 0 Å². The number of halogens is 1. The Balaban J connectivity index is 1.57. The number of rotatable bonds is 3. The summed E-state index contributed by atoms with van der Waals surface area (Å²) in [4.78, 5) is 20.9. The van der Waals surface area contributed by atoms with E-state index in [1.165, 1.54) is 11.8 Å². The minimum atomic E-state index is -0.107. The van der Waals surface area contributed by atoms with E-state index in [0.717, 1.165) is 53.6 Å². The first kappa shape index (κ1) is 19.2. The van der Waals surface area contributed by atoms with Crippen molar-refractivity contribution in [1.82, 2.24) is 19.9 Å². The maximum atomic E-state index is 6.31. The lowest BCUT2D eigenvalue weighted by Gasteiger charge is -2.24. The summed E-state index contributed by atoms with van der Waals surface area (Å²) >= 11 is 7.65. The number of nitrogens with two attached hydrogens (primary N) is 2.